The van der Waals surface area contributed by atoms with Gasteiger partial charge in [0.1, 0.15) is 29.4 Å². The van der Waals surface area contributed by atoms with Gasteiger partial charge in [-0.25, -0.2) is 28.3 Å². The van der Waals surface area contributed by atoms with Crippen LogP contribution in [0.2, 0.25) is 0 Å². The summed E-state index contributed by atoms with van der Waals surface area (Å²) in [5.74, 6) is -0.405. The molecule has 3 aliphatic heterocycles. The molecular weight excluding hydrogens is 887 g/mol. The van der Waals surface area contributed by atoms with Crippen LogP contribution in [0.4, 0.5) is 29.7 Å². The Balaban J connectivity index is 1.03. The number of piperidine rings is 1. The minimum absolute atomic E-state index is 0.0274. The molecule has 3 saturated heterocycles. The van der Waals surface area contributed by atoms with E-state index in [0.29, 0.717) is 69.8 Å². The van der Waals surface area contributed by atoms with Gasteiger partial charge in [-0.05, 0) is 117 Å². The molecule has 1 unspecified atom stereocenters. The van der Waals surface area contributed by atoms with Gasteiger partial charge in [0.25, 0.3) is 0 Å². The molecule has 370 valence electrons. The number of amides is 4. The number of aromatic nitrogens is 4. The Kier molecular flexibility index (Phi) is 15.2. The summed E-state index contributed by atoms with van der Waals surface area (Å²) in [6, 6.07) is 12.9. The minimum atomic E-state index is -0.754. The first-order valence-electron chi connectivity index (χ1n) is 24.5. The number of halogens is 2. The smallest absolute Gasteiger partial charge is 0.407 e. The molecule has 5 aromatic rings. The number of aromatic amines is 2. The monoisotopic (exact) mass is 953 g/mol. The maximum absolute atomic E-state index is 16.3. The summed E-state index contributed by atoms with van der Waals surface area (Å²) in [4.78, 5) is 73.2. The first kappa shape index (κ1) is 49.0. The number of hydrogen-bond donors (Lipinski definition) is 5. The number of nitrogens with zero attached hydrogens (tertiary/aromatic N) is 5. The fraction of sp³-hybridized carbons (Fsp3) is 0.529. The van der Waals surface area contributed by atoms with E-state index < -0.39 is 35.9 Å². The second kappa shape index (κ2) is 21.5. The van der Waals surface area contributed by atoms with Crippen molar-refractivity contribution in [3.63, 3.8) is 0 Å². The lowest BCUT2D eigenvalue weighted by Gasteiger charge is -2.35. The SMILES string of the molecule is COC(=O)NC(C(=O)NCCCCc1nc2cc([C@H]3CC[C@H](c4ccc5[nH]c([C@@H]6CCCN6C(=O)[C@@H](NC(=O)OC)C(C)C)nc5c4)N3c3cc(F)c(N4CCCCC4)c(F)c3)ccc2[nH]1)C(C)C. The topological polar surface area (TPSA) is 190 Å². The largest absolute Gasteiger partial charge is 0.453 e. The number of methoxy groups -OCH3 is 2. The quantitative estimate of drug-likeness (QED) is 0.0599. The van der Waals surface area contributed by atoms with Crippen molar-refractivity contribution in [3.05, 3.63) is 82.9 Å². The number of nitrogens with one attached hydrogen (secondary N) is 5. The molecule has 0 saturated carbocycles. The van der Waals surface area contributed by atoms with Gasteiger partial charge in [0.2, 0.25) is 11.8 Å². The number of ether oxygens (including phenoxy) is 2. The van der Waals surface area contributed by atoms with Gasteiger partial charge in [0.15, 0.2) is 11.6 Å². The van der Waals surface area contributed by atoms with E-state index in [2.05, 4.69) is 47.7 Å². The number of hydrogen-bond acceptors (Lipinski definition) is 10. The molecule has 3 fully saturated rings. The molecule has 0 radical (unpaired) electrons. The first-order chi connectivity index (χ1) is 33.2. The second-order valence-corrected chi connectivity index (χ2v) is 19.3. The van der Waals surface area contributed by atoms with Crippen LogP contribution < -0.4 is 25.8 Å². The Morgan fingerprint density at radius 1 is 0.710 bits per heavy atom. The summed E-state index contributed by atoms with van der Waals surface area (Å²) in [6.45, 7) is 9.68. The molecule has 5 atom stereocenters. The average molecular weight is 953 g/mol. The molecule has 5 heterocycles. The van der Waals surface area contributed by atoms with Crippen LogP contribution in [-0.2, 0) is 25.5 Å². The van der Waals surface area contributed by atoms with Crippen LogP contribution in [0.15, 0.2) is 48.5 Å². The molecule has 3 aliphatic rings. The number of unbranched alkanes of at least 4 members (excludes halogenated alkanes) is 1. The molecule has 0 bridgehead atoms. The number of carbonyl (C=O) groups excluding carboxylic acids is 4. The molecule has 18 heteroatoms. The van der Waals surface area contributed by atoms with Gasteiger partial charge in [-0.1, -0.05) is 39.8 Å². The third kappa shape index (κ3) is 10.7. The Hall–Kier alpha value is -6.46. The second-order valence-electron chi connectivity index (χ2n) is 19.3. The van der Waals surface area contributed by atoms with E-state index in [1.165, 1.54) is 26.4 Å². The van der Waals surface area contributed by atoms with Gasteiger partial charge in [-0.3, -0.25) is 9.59 Å². The van der Waals surface area contributed by atoms with E-state index in [0.717, 1.165) is 71.1 Å². The lowest BCUT2D eigenvalue weighted by atomic mass is 10.0. The van der Waals surface area contributed by atoms with Crippen molar-refractivity contribution < 1.29 is 37.4 Å². The van der Waals surface area contributed by atoms with Gasteiger partial charge >= 0.3 is 12.2 Å². The van der Waals surface area contributed by atoms with Gasteiger partial charge in [-0.2, -0.15) is 0 Å². The number of rotatable bonds is 16. The summed E-state index contributed by atoms with van der Waals surface area (Å²) in [5.41, 5.74) is 5.60. The summed E-state index contributed by atoms with van der Waals surface area (Å²) in [7, 11) is 2.54. The van der Waals surface area contributed by atoms with Crippen molar-refractivity contribution >= 4 is 57.4 Å². The molecule has 4 amide bonds. The highest BCUT2D eigenvalue weighted by Gasteiger charge is 2.40. The summed E-state index contributed by atoms with van der Waals surface area (Å²) in [6.07, 6.45) is 6.55. The number of H-pyrrole nitrogens is 2. The molecule has 0 spiro atoms. The van der Waals surface area contributed by atoms with Crippen LogP contribution >= 0.6 is 0 Å². The number of anilines is 2. The summed E-state index contributed by atoms with van der Waals surface area (Å²) in [5, 5.41) is 8.22. The molecule has 5 N–H and O–H groups in total. The highest BCUT2D eigenvalue weighted by Crippen LogP contribution is 2.49. The third-order valence-corrected chi connectivity index (χ3v) is 14.0. The molecule has 8 rings (SSSR count). The number of imidazole rings is 2. The molecular formula is C51H66F2N10O6. The average Bonchev–Trinajstić information content (AvgIpc) is 4.17. The Labute approximate surface area is 401 Å². The molecule has 2 aromatic heterocycles. The molecule has 3 aromatic carbocycles. The first-order valence-corrected chi connectivity index (χ1v) is 24.5. The molecule has 16 nitrogen and oxygen atoms in total. The van der Waals surface area contributed by atoms with Gasteiger partial charge in [0.05, 0.1) is 54.4 Å². The van der Waals surface area contributed by atoms with Crippen molar-refractivity contribution in [2.75, 3.05) is 50.2 Å². The molecule has 0 aliphatic carbocycles. The predicted molar refractivity (Wildman–Crippen MR) is 260 cm³/mol. The van der Waals surface area contributed by atoms with Crippen molar-refractivity contribution in [3.8, 4) is 0 Å². The maximum atomic E-state index is 16.3. The van der Waals surface area contributed by atoms with E-state index in [1.54, 1.807) is 4.90 Å². The van der Waals surface area contributed by atoms with Crippen LogP contribution in [-0.4, -0.2) is 101 Å². The van der Waals surface area contributed by atoms with Crippen molar-refractivity contribution in [1.82, 2.24) is 40.8 Å². The zero-order valence-electron chi connectivity index (χ0n) is 40.5. The number of alkyl carbamates (subject to hydrolysis) is 2. The molecule has 69 heavy (non-hydrogen) atoms. The van der Waals surface area contributed by atoms with Gasteiger partial charge in [0, 0.05) is 38.3 Å². The number of fused-ring (bicyclic) bond motifs is 2. The van der Waals surface area contributed by atoms with Gasteiger partial charge < -0.3 is 50.1 Å². The number of benzene rings is 3. The van der Waals surface area contributed by atoms with Crippen LogP contribution in [0, 0.1) is 23.5 Å². The fourth-order valence-corrected chi connectivity index (χ4v) is 10.4. The van der Waals surface area contributed by atoms with Crippen LogP contribution in [0.5, 0.6) is 0 Å². The Morgan fingerprint density at radius 2 is 1.30 bits per heavy atom. The van der Waals surface area contributed by atoms with E-state index in [-0.39, 0.29) is 47.5 Å². The highest BCUT2D eigenvalue weighted by atomic mass is 19.1. The van der Waals surface area contributed by atoms with E-state index in [4.69, 9.17) is 14.7 Å². The lowest BCUT2D eigenvalue weighted by molar-refractivity contribution is -0.135. The predicted octanol–water partition coefficient (Wildman–Crippen LogP) is 8.65. The highest BCUT2D eigenvalue weighted by molar-refractivity contribution is 5.87. The Morgan fingerprint density at radius 3 is 1.91 bits per heavy atom. The van der Waals surface area contributed by atoms with Crippen LogP contribution in [0.3, 0.4) is 0 Å². The lowest BCUT2D eigenvalue weighted by Crippen LogP contribution is -2.51. The third-order valence-electron chi connectivity index (χ3n) is 14.0. The Bertz CT molecular complexity index is 2620. The van der Waals surface area contributed by atoms with Crippen molar-refractivity contribution in [2.45, 2.75) is 122 Å². The summed E-state index contributed by atoms with van der Waals surface area (Å²) < 4.78 is 42.1. The van der Waals surface area contributed by atoms with E-state index >= 15 is 8.78 Å². The fourth-order valence-electron chi connectivity index (χ4n) is 10.4. The summed E-state index contributed by atoms with van der Waals surface area (Å²) >= 11 is 0. The van der Waals surface area contributed by atoms with E-state index in [9.17, 15) is 19.2 Å². The normalized spacial score (nSPS) is 19.4. The zero-order chi connectivity index (χ0) is 48.9. The number of aryl methyl sites for hydroxylation is 1. The zero-order valence-corrected chi connectivity index (χ0v) is 40.5. The van der Waals surface area contributed by atoms with Crippen LogP contribution in [0.1, 0.15) is 126 Å². The number of likely N-dealkylation sites (tertiary alicyclic amines) is 1. The van der Waals surface area contributed by atoms with Crippen molar-refractivity contribution in [1.29, 1.82) is 0 Å². The minimum Gasteiger partial charge on any atom is -0.453 e. The van der Waals surface area contributed by atoms with Crippen LogP contribution in [0.25, 0.3) is 22.1 Å². The number of carbonyl (C=O) groups is 4. The maximum Gasteiger partial charge on any atom is 0.407 e. The van der Waals surface area contributed by atoms with Crippen molar-refractivity contribution in [2.24, 2.45) is 11.8 Å². The van der Waals surface area contributed by atoms with Gasteiger partial charge in [-0.15, -0.1) is 0 Å². The van der Waals surface area contributed by atoms with E-state index in [1.807, 2.05) is 56.9 Å². The standard InChI is InChI=1S/C51H66F2N10O6/c1-29(2)44(59-50(66)68-5)48(64)54-21-9-8-14-43-55-36-17-15-31(25-38(36)56-43)40-19-20-41(63(40)33-27-34(52)46(35(53)28-33)61-22-10-7-11-23-61)32-16-18-37-39(26-32)58-47(57-37)42-13-12-24-62(42)49(65)45(30(3)4)60-51(67)69-6/h15-18,25-30,40-42,44-45H,7-14,19-24H2,1-6H3,(H,54,64)(H,55,56)(H,57,58)(H,59,66)(H,60,67)/t40-,41-,42+,44?,45+/m1/s1.